The van der Waals surface area contributed by atoms with Gasteiger partial charge in [-0.25, -0.2) is 0 Å². The summed E-state index contributed by atoms with van der Waals surface area (Å²) in [6.07, 6.45) is 2.13. The molecule has 0 aromatic rings. The summed E-state index contributed by atoms with van der Waals surface area (Å²) in [5, 5.41) is 0. The lowest BCUT2D eigenvalue weighted by atomic mass is 10.3. The Morgan fingerprint density at radius 1 is 1.33 bits per heavy atom. The molecule has 1 saturated carbocycles. The predicted octanol–water partition coefficient (Wildman–Crippen LogP) is 1.02. The maximum atomic E-state index is 11.1. The van der Waals surface area contributed by atoms with E-state index in [0.717, 1.165) is 12.8 Å². The molecule has 0 saturated heterocycles. The van der Waals surface area contributed by atoms with Crippen molar-refractivity contribution in [3.05, 3.63) is 0 Å². The van der Waals surface area contributed by atoms with Gasteiger partial charge in [-0.2, -0.15) is 0 Å². The fourth-order valence-corrected chi connectivity index (χ4v) is 0.958. The SMILES string of the molecule is CCOCCOCC(=O)C1CC1. The Hall–Kier alpha value is -0.410. The molecule has 0 aromatic carbocycles. The molecule has 12 heavy (non-hydrogen) atoms. The van der Waals surface area contributed by atoms with Gasteiger partial charge < -0.3 is 9.47 Å². The molecule has 1 fully saturated rings. The number of ether oxygens (including phenoxy) is 2. The van der Waals surface area contributed by atoms with Crippen LogP contribution in [0.2, 0.25) is 0 Å². The molecule has 0 spiro atoms. The lowest BCUT2D eigenvalue weighted by molar-refractivity contribution is -0.125. The summed E-state index contributed by atoms with van der Waals surface area (Å²) in [5.74, 6) is 0.573. The zero-order valence-electron chi connectivity index (χ0n) is 7.54. The van der Waals surface area contributed by atoms with Crippen molar-refractivity contribution in [2.24, 2.45) is 5.92 Å². The molecule has 0 N–H and O–H groups in total. The minimum Gasteiger partial charge on any atom is -0.379 e. The van der Waals surface area contributed by atoms with Crippen molar-refractivity contribution in [1.82, 2.24) is 0 Å². The Balaban J connectivity index is 1.84. The molecule has 3 nitrogen and oxygen atoms in total. The first-order valence-electron chi connectivity index (χ1n) is 4.52. The number of hydrogen-bond donors (Lipinski definition) is 0. The zero-order chi connectivity index (χ0) is 8.81. The first-order valence-corrected chi connectivity index (χ1v) is 4.52. The smallest absolute Gasteiger partial charge is 0.161 e. The third-order valence-corrected chi connectivity index (χ3v) is 1.85. The topological polar surface area (TPSA) is 35.5 Å². The van der Waals surface area contributed by atoms with Crippen LogP contribution in [-0.2, 0) is 14.3 Å². The van der Waals surface area contributed by atoms with E-state index in [1.165, 1.54) is 0 Å². The minimum absolute atomic E-state index is 0.256. The number of carbonyl (C=O) groups is 1. The molecule has 1 aliphatic rings. The largest absolute Gasteiger partial charge is 0.379 e. The molecule has 70 valence electrons. The van der Waals surface area contributed by atoms with Gasteiger partial charge in [-0.1, -0.05) is 0 Å². The van der Waals surface area contributed by atoms with Crippen LogP contribution in [0.3, 0.4) is 0 Å². The first-order chi connectivity index (χ1) is 5.84. The maximum Gasteiger partial charge on any atom is 0.161 e. The van der Waals surface area contributed by atoms with Gasteiger partial charge in [0.2, 0.25) is 0 Å². The molecule has 1 aliphatic carbocycles. The summed E-state index contributed by atoms with van der Waals surface area (Å²) in [4.78, 5) is 11.1. The Morgan fingerprint density at radius 2 is 2.00 bits per heavy atom. The van der Waals surface area contributed by atoms with Gasteiger partial charge >= 0.3 is 0 Å². The molecular formula is C9H16O3. The van der Waals surface area contributed by atoms with E-state index in [9.17, 15) is 4.79 Å². The normalized spacial score (nSPS) is 16.4. The molecule has 0 unspecified atom stereocenters. The van der Waals surface area contributed by atoms with Crippen molar-refractivity contribution < 1.29 is 14.3 Å². The van der Waals surface area contributed by atoms with Crippen LogP contribution in [0.5, 0.6) is 0 Å². The van der Waals surface area contributed by atoms with Crippen LogP contribution in [0.4, 0.5) is 0 Å². The van der Waals surface area contributed by atoms with E-state index < -0.39 is 0 Å². The Morgan fingerprint density at radius 3 is 2.58 bits per heavy atom. The fourth-order valence-electron chi connectivity index (χ4n) is 0.958. The maximum absolute atomic E-state index is 11.1. The minimum atomic E-state index is 0.256. The van der Waals surface area contributed by atoms with Crippen LogP contribution in [0.25, 0.3) is 0 Å². The summed E-state index contributed by atoms with van der Waals surface area (Å²) in [6.45, 7) is 4.05. The predicted molar refractivity (Wildman–Crippen MR) is 45.0 cm³/mol. The Bertz CT molecular complexity index is 141. The number of rotatable bonds is 7. The van der Waals surface area contributed by atoms with Crippen LogP contribution < -0.4 is 0 Å². The van der Waals surface area contributed by atoms with Gasteiger partial charge in [0.15, 0.2) is 5.78 Å². The van der Waals surface area contributed by atoms with Crippen LogP contribution in [0, 0.1) is 5.92 Å². The second-order valence-corrected chi connectivity index (χ2v) is 2.99. The van der Waals surface area contributed by atoms with Crippen molar-refractivity contribution >= 4 is 5.78 Å². The third-order valence-electron chi connectivity index (χ3n) is 1.85. The third kappa shape index (κ3) is 3.83. The monoisotopic (exact) mass is 172 g/mol. The fraction of sp³-hybridized carbons (Fsp3) is 0.889. The highest BCUT2D eigenvalue weighted by molar-refractivity contribution is 5.84. The van der Waals surface area contributed by atoms with E-state index in [0.29, 0.717) is 25.7 Å². The van der Waals surface area contributed by atoms with Crippen molar-refractivity contribution in [2.75, 3.05) is 26.4 Å². The number of ketones is 1. The summed E-state index contributed by atoms with van der Waals surface area (Å²) >= 11 is 0. The van der Waals surface area contributed by atoms with Crippen molar-refractivity contribution in [2.45, 2.75) is 19.8 Å². The molecule has 0 heterocycles. The van der Waals surface area contributed by atoms with E-state index >= 15 is 0 Å². The van der Waals surface area contributed by atoms with E-state index in [1.807, 2.05) is 6.92 Å². The van der Waals surface area contributed by atoms with Crippen LogP contribution in [-0.4, -0.2) is 32.2 Å². The number of Topliss-reactive ketones (excluding diaryl/α,β-unsaturated/α-hetero) is 1. The summed E-state index contributed by atoms with van der Waals surface area (Å²) in [6, 6.07) is 0. The standard InChI is InChI=1S/C9H16O3/c1-2-11-5-6-12-7-9(10)8-3-4-8/h8H,2-7H2,1H3. The molecule has 0 atom stereocenters. The molecule has 0 aliphatic heterocycles. The number of carbonyl (C=O) groups excluding carboxylic acids is 1. The lowest BCUT2D eigenvalue weighted by Crippen LogP contribution is -2.13. The van der Waals surface area contributed by atoms with Gasteiger partial charge in [-0.3, -0.25) is 4.79 Å². The molecule has 1 rings (SSSR count). The van der Waals surface area contributed by atoms with E-state index in [4.69, 9.17) is 9.47 Å². The van der Waals surface area contributed by atoms with E-state index in [-0.39, 0.29) is 12.4 Å². The Kier molecular flexibility index (Phi) is 4.25. The highest BCUT2D eigenvalue weighted by Crippen LogP contribution is 2.29. The Labute approximate surface area is 73.0 Å². The molecule has 0 aromatic heterocycles. The highest BCUT2D eigenvalue weighted by Gasteiger charge is 2.28. The van der Waals surface area contributed by atoms with Gasteiger partial charge in [0.1, 0.15) is 6.61 Å². The van der Waals surface area contributed by atoms with Crippen molar-refractivity contribution in [3.8, 4) is 0 Å². The molecule has 0 radical (unpaired) electrons. The second kappa shape index (κ2) is 5.27. The van der Waals surface area contributed by atoms with Gasteiger partial charge in [-0.05, 0) is 19.8 Å². The molecule has 0 amide bonds. The van der Waals surface area contributed by atoms with Crippen LogP contribution in [0.1, 0.15) is 19.8 Å². The molecule has 3 heteroatoms. The van der Waals surface area contributed by atoms with Crippen molar-refractivity contribution in [3.63, 3.8) is 0 Å². The first kappa shape index (κ1) is 9.68. The van der Waals surface area contributed by atoms with Gasteiger partial charge in [0.25, 0.3) is 0 Å². The second-order valence-electron chi connectivity index (χ2n) is 2.99. The quantitative estimate of drug-likeness (QED) is 0.538. The van der Waals surface area contributed by atoms with Crippen LogP contribution in [0.15, 0.2) is 0 Å². The number of hydrogen-bond acceptors (Lipinski definition) is 3. The molecule has 0 bridgehead atoms. The van der Waals surface area contributed by atoms with Crippen molar-refractivity contribution in [1.29, 1.82) is 0 Å². The average molecular weight is 172 g/mol. The summed E-state index contributed by atoms with van der Waals surface area (Å²) < 4.78 is 10.2. The van der Waals surface area contributed by atoms with E-state index in [1.54, 1.807) is 0 Å². The van der Waals surface area contributed by atoms with Gasteiger partial charge in [0.05, 0.1) is 13.2 Å². The van der Waals surface area contributed by atoms with Crippen LogP contribution >= 0.6 is 0 Å². The lowest BCUT2D eigenvalue weighted by Gasteiger charge is -2.02. The highest BCUT2D eigenvalue weighted by atomic mass is 16.5. The average Bonchev–Trinajstić information content (AvgIpc) is 2.86. The molecular weight excluding hydrogens is 156 g/mol. The van der Waals surface area contributed by atoms with E-state index in [2.05, 4.69) is 0 Å². The zero-order valence-corrected chi connectivity index (χ0v) is 7.54. The van der Waals surface area contributed by atoms with Gasteiger partial charge in [-0.15, -0.1) is 0 Å². The summed E-state index contributed by atoms with van der Waals surface area (Å²) in [7, 11) is 0. The summed E-state index contributed by atoms with van der Waals surface area (Å²) in [5.41, 5.74) is 0. The van der Waals surface area contributed by atoms with Gasteiger partial charge in [0, 0.05) is 12.5 Å².